The zero-order valence-corrected chi connectivity index (χ0v) is 10.9. The molecule has 0 unspecified atom stereocenters. The Kier molecular flexibility index (Phi) is 3.56. The van der Waals surface area contributed by atoms with Crippen molar-refractivity contribution >= 4 is 51.6 Å². The Morgan fingerprint density at radius 2 is 1.64 bits per heavy atom. The normalized spacial score (nSPS) is 11.8. The van der Waals surface area contributed by atoms with E-state index in [9.17, 15) is 17.2 Å². The van der Waals surface area contributed by atoms with Gasteiger partial charge in [-0.25, -0.2) is 17.2 Å². The van der Waals surface area contributed by atoms with Gasteiger partial charge in [0.1, 0.15) is 4.90 Å². The second-order valence-electron chi connectivity index (χ2n) is 2.24. The van der Waals surface area contributed by atoms with Gasteiger partial charge in [0.25, 0.3) is 9.05 Å². The molecule has 2 nitrogen and oxygen atoms in total. The second kappa shape index (κ2) is 4.03. The zero-order valence-electron chi connectivity index (χ0n) is 6.19. The number of benzene rings is 1. The summed E-state index contributed by atoms with van der Waals surface area (Å²) in [5.41, 5.74) is 0. The van der Waals surface area contributed by atoms with Crippen molar-refractivity contribution in [2.24, 2.45) is 0 Å². The maximum Gasteiger partial charge on any atom is 0.265 e. The molecule has 78 valence electrons. The first-order valence-corrected chi connectivity index (χ1v) is 6.92. The molecule has 0 aliphatic heterocycles. The molecule has 0 saturated heterocycles. The SMILES string of the molecule is O=S(=O)(Cl)c1c(Br)cc(Br)c(F)c1F. The van der Waals surface area contributed by atoms with Crippen molar-refractivity contribution in [2.75, 3.05) is 0 Å². The molecule has 14 heavy (non-hydrogen) atoms. The van der Waals surface area contributed by atoms with E-state index in [-0.39, 0.29) is 8.95 Å². The highest BCUT2D eigenvalue weighted by Crippen LogP contribution is 2.33. The Hall–Kier alpha value is 0.280. The molecule has 0 amide bonds. The molecular weight excluding hydrogens is 369 g/mol. The van der Waals surface area contributed by atoms with Crippen LogP contribution in [-0.4, -0.2) is 8.42 Å². The van der Waals surface area contributed by atoms with Crippen molar-refractivity contribution in [3.63, 3.8) is 0 Å². The molecule has 0 aromatic heterocycles. The largest absolute Gasteiger partial charge is 0.265 e. The minimum absolute atomic E-state index is 0.140. The number of halogens is 5. The Morgan fingerprint density at radius 1 is 1.14 bits per heavy atom. The number of rotatable bonds is 1. The summed E-state index contributed by atoms with van der Waals surface area (Å²) in [6, 6.07) is 1.06. The lowest BCUT2D eigenvalue weighted by atomic mass is 10.3. The van der Waals surface area contributed by atoms with Crippen LogP contribution in [0.1, 0.15) is 0 Å². The minimum Gasteiger partial charge on any atom is -0.207 e. The summed E-state index contributed by atoms with van der Waals surface area (Å²) in [5.74, 6) is -2.81. The lowest BCUT2D eigenvalue weighted by Gasteiger charge is -2.04. The van der Waals surface area contributed by atoms with Gasteiger partial charge in [0.15, 0.2) is 11.6 Å². The van der Waals surface area contributed by atoms with Gasteiger partial charge in [0.05, 0.1) is 4.47 Å². The fourth-order valence-electron chi connectivity index (χ4n) is 0.773. The molecular formula is C6HBr2ClF2O2S. The van der Waals surface area contributed by atoms with Crippen LogP contribution in [0.4, 0.5) is 8.78 Å². The Labute approximate surface area is 99.9 Å². The van der Waals surface area contributed by atoms with E-state index < -0.39 is 25.6 Å². The Balaban J connectivity index is 3.70. The first-order valence-electron chi connectivity index (χ1n) is 3.03. The van der Waals surface area contributed by atoms with Gasteiger partial charge in [-0.1, -0.05) is 0 Å². The average Bonchev–Trinajstić information content (AvgIpc) is 1.97. The van der Waals surface area contributed by atoms with Crippen LogP contribution in [0.3, 0.4) is 0 Å². The van der Waals surface area contributed by atoms with Gasteiger partial charge >= 0.3 is 0 Å². The molecule has 1 rings (SSSR count). The van der Waals surface area contributed by atoms with E-state index in [0.717, 1.165) is 6.07 Å². The summed E-state index contributed by atoms with van der Waals surface area (Å²) in [5, 5.41) is 0. The third-order valence-corrected chi connectivity index (χ3v) is 4.13. The monoisotopic (exact) mass is 368 g/mol. The lowest BCUT2D eigenvalue weighted by Crippen LogP contribution is -2.00. The first-order chi connectivity index (χ1) is 6.25. The summed E-state index contributed by atoms with van der Waals surface area (Å²) in [7, 11) is 0.600. The van der Waals surface area contributed by atoms with Crippen LogP contribution in [-0.2, 0) is 9.05 Å². The summed E-state index contributed by atoms with van der Waals surface area (Å²) < 4.78 is 47.4. The van der Waals surface area contributed by atoms with Gasteiger partial charge in [-0.3, -0.25) is 0 Å². The summed E-state index contributed by atoms with van der Waals surface area (Å²) in [4.78, 5) is -0.903. The van der Waals surface area contributed by atoms with Gasteiger partial charge in [0.2, 0.25) is 0 Å². The maximum absolute atomic E-state index is 13.1. The number of hydrogen-bond acceptors (Lipinski definition) is 2. The second-order valence-corrected chi connectivity index (χ2v) is 6.45. The van der Waals surface area contributed by atoms with Crippen LogP contribution in [0.2, 0.25) is 0 Å². The van der Waals surface area contributed by atoms with Crippen LogP contribution in [0.5, 0.6) is 0 Å². The molecule has 0 aliphatic rings. The van der Waals surface area contributed by atoms with Gasteiger partial charge in [-0.2, -0.15) is 0 Å². The zero-order chi connectivity index (χ0) is 11.1. The van der Waals surface area contributed by atoms with Crippen molar-refractivity contribution in [2.45, 2.75) is 4.90 Å². The van der Waals surface area contributed by atoms with Crippen LogP contribution < -0.4 is 0 Å². The van der Waals surface area contributed by atoms with Crippen molar-refractivity contribution < 1.29 is 17.2 Å². The maximum atomic E-state index is 13.1. The molecule has 0 heterocycles. The van der Waals surface area contributed by atoms with E-state index in [4.69, 9.17) is 10.7 Å². The molecule has 0 aliphatic carbocycles. The van der Waals surface area contributed by atoms with E-state index in [1.165, 1.54) is 0 Å². The van der Waals surface area contributed by atoms with Crippen molar-refractivity contribution in [3.05, 3.63) is 26.6 Å². The fourth-order valence-corrected chi connectivity index (χ4v) is 3.85. The van der Waals surface area contributed by atoms with Gasteiger partial charge in [0, 0.05) is 15.2 Å². The Morgan fingerprint density at radius 3 is 2.07 bits per heavy atom. The summed E-state index contributed by atoms with van der Waals surface area (Å²) >= 11 is 5.48. The molecule has 1 aromatic rings. The van der Waals surface area contributed by atoms with E-state index in [1.807, 2.05) is 0 Å². The topological polar surface area (TPSA) is 34.1 Å². The quantitative estimate of drug-likeness (QED) is 0.431. The first kappa shape index (κ1) is 12.4. The van der Waals surface area contributed by atoms with Crippen LogP contribution >= 0.6 is 42.5 Å². The predicted molar refractivity (Wildman–Crippen MR) is 54.8 cm³/mol. The van der Waals surface area contributed by atoms with Crippen molar-refractivity contribution in [1.82, 2.24) is 0 Å². The van der Waals surface area contributed by atoms with Crippen LogP contribution in [0, 0.1) is 11.6 Å². The molecule has 0 N–H and O–H groups in total. The lowest BCUT2D eigenvalue weighted by molar-refractivity contribution is 0.481. The molecule has 0 radical (unpaired) electrons. The molecule has 0 saturated carbocycles. The highest BCUT2D eigenvalue weighted by atomic mass is 79.9. The van der Waals surface area contributed by atoms with Crippen molar-refractivity contribution in [3.8, 4) is 0 Å². The minimum atomic E-state index is -4.31. The highest BCUT2D eigenvalue weighted by Gasteiger charge is 2.25. The van der Waals surface area contributed by atoms with Gasteiger partial charge in [-0.05, 0) is 37.9 Å². The van der Waals surface area contributed by atoms with Crippen LogP contribution in [0.25, 0.3) is 0 Å². The molecule has 1 aromatic carbocycles. The molecule has 8 heteroatoms. The predicted octanol–water partition coefficient (Wildman–Crippen LogP) is 3.42. The summed E-state index contributed by atoms with van der Waals surface area (Å²) in [6.07, 6.45) is 0. The fraction of sp³-hybridized carbons (Fsp3) is 0. The average molecular weight is 370 g/mol. The van der Waals surface area contributed by atoms with E-state index >= 15 is 0 Å². The van der Waals surface area contributed by atoms with Gasteiger partial charge in [-0.15, -0.1) is 0 Å². The van der Waals surface area contributed by atoms with Crippen LogP contribution in [0.15, 0.2) is 19.9 Å². The Bertz CT molecular complexity index is 489. The third kappa shape index (κ3) is 2.26. The molecule has 0 fully saturated rings. The molecule has 0 bridgehead atoms. The standard InChI is InChI=1S/C6HBr2ClF2O2S/c7-2-1-3(8)6(14(9,12)13)5(11)4(2)10/h1H. The third-order valence-electron chi connectivity index (χ3n) is 1.32. The van der Waals surface area contributed by atoms with Gasteiger partial charge < -0.3 is 0 Å². The van der Waals surface area contributed by atoms with E-state index in [2.05, 4.69) is 31.9 Å². The van der Waals surface area contributed by atoms with E-state index in [0.29, 0.717) is 0 Å². The highest BCUT2D eigenvalue weighted by molar-refractivity contribution is 9.11. The molecule has 0 spiro atoms. The number of hydrogen-bond donors (Lipinski definition) is 0. The smallest absolute Gasteiger partial charge is 0.207 e. The molecule has 0 atom stereocenters. The van der Waals surface area contributed by atoms with Crippen molar-refractivity contribution in [1.29, 1.82) is 0 Å². The van der Waals surface area contributed by atoms with E-state index in [1.54, 1.807) is 0 Å². The summed E-state index contributed by atoms with van der Waals surface area (Å²) in [6.45, 7) is 0.